The molecule has 0 spiro atoms. The Labute approximate surface area is 201 Å². The summed E-state index contributed by atoms with van der Waals surface area (Å²) < 4.78 is 7.58. The molecule has 0 atom stereocenters. The molecule has 4 rings (SSSR count). The Morgan fingerprint density at radius 1 is 1.09 bits per heavy atom. The maximum Gasteiger partial charge on any atom is 0.242 e. The number of carbonyl (C=O) groups excluding carboxylic acids is 1. The molecular formula is C22H23Cl2N5O2S. The van der Waals surface area contributed by atoms with Crippen molar-refractivity contribution in [1.29, 1.82) is 0 Å². The van der Waals surface area contributed by atoms with Gasteiger partial charge >= 0.3 is 0 Å². The maximum absolute atomic E-state index is 13.0. The number of rotatable bonds is 6. The minimum atomic E-state index is 0.0118. The smallest absolute Gasteiger partial charge is 0.242 e. The van der Waals surface area contributed by atoms with Gasteiger partial charge in [-0.05, 0) is 54.7 Å². The van der Waals surface area contributed by atoms with E-state index in [-0.39, 0.29) is 12.5 Å². The molecule has 7 nitrogen and oxygen atoms in total. The number of hydrogen-bond acceptors (Lipinski definition) is 5. The van der Waals surface area contributed by atoms with Crippen LogP contribution >= 0.6 is 35.4 Å². The number of methoxy groups -OCH3 is 1. The van der Waals surface area contributed by atoms with Crippen molar-refractivity contribution in [3.8, 4) is 17.1 Å². The monoisotopic (exact) mass is 491 g/mol. The third-order valence-electron chi connectivity index (χ3n) is 5.52. The Balaban J connectivity index is 1.39. The first-order valence-electron chi connectivity index (χ1n) is 10.2. The number of H-pyrrole nitrogens is 1. The summed E-state index contributed by atoms with van der Waals surface area (Å²) in [6.07, 6.45) is 0. The summed E-state index contributed by atoms with van der Waals surface area (Å²) in [7, 11) is 1.66. The van der Waals surface area contributed by atoms with Crippen LogP contribution in [-0.4, -0.2) is 63.8 Å². The average molecular weight is 492 g/mol. The van der Waals surface area contributed by atoms with Crippen LogP contribution in [0.15, 0.2) is 42.5 Å². The van der Waals surface area contributed by atoms with Crippen LogP contribution in [0, 0.1) is 4.77 Å². The van der Waals surface area contributed by atoms with Crippen LogP contribution in [0.1, 0.15) is 5.56 Å². The van der Waals surface area contributed by atoms with E-state index >= 15 is 0 Å². The highest BCUT2D eigenvalue weighted by Crippen LogP contribution is 2.25. The van der Waals surface area contributed by atoms with Gasteiger partial charge in [-0.25, -0.2) is 0 Å². The van der Waals surface area contributed by atoms with Gasteiger partial charge in [-0.3, -0.25) is 19.4 Å². The summed E-state index contributed by atoms with van der Waals surface area (Å²) in [5, 5.41) is 8.41. The van der Waals surface area contributed by atoms with E-state index in [2.05, 4.69) is 15.1 Å². The van der Waals surface area contributed by atoms with Gasteiger partial charge in [-0.15, -0.1) is 0 Å². The van der Waals surface area contributed by atoms with E-state index in [1.165, 1.54) is 0 Å². The molecule has 2 heterocycles. The van der Waals surface area contributed by atoms with E-state index in [9.17, 15) is 4.79 Å². The van der Waals surface area contributed by atoms with Gasteiger partial charge in [0.15, 0.2) is 10.6 Å². The molecule has 0 bridgehead atoms. The van der Waals surface area contributed by atoms with E-state index in [4.69, 9.17) is 40.2 Å². The summed E-state index contributed by atoms with van der Waals surface area (Å²) in [5.41, 5.74) is 1.88. The third kappa shape index (κ3) is 5.15. The molecule has 2 aromatic carbocycles. The molecule has 1 amide bonds. The van der Waals surface area contributed by atoms with Crippen LogP contribution in [0.25, 0.3) is 11.4 Å². The molecule has 10 heteroatoms. The zero-order valence-electron chi connectivity index (χ0n) is 17.6. The lowest BCUT2D eigenvalue weighted by Gasteiger charge is -2.35. The minimum Gasteiger partial charge on any atom is -0.496 e. The lowest BCUT2D eigenvalue weighted by molar-refractivity contribution is -0.133. The average Bonchev–Trinajstić information content (AvgIpc) is 3.15. The molecule has 0 radical (unpaired) electrons. The fraction of sp³-hybridized carbons (Fsp3) is 0.318. The topological polar surface area (TPSA) is 66.4 Å². The molecule has 3 aromatic rings. The second kappa shape index (κ2) is 10.0. The normalized spacial score (nSPS) is 14.5. The number of carbonyl (C=O) groups is 1. The van der Waals surface area contributed by atoms with Crippen molar-refractivity contribution in [3.63, 3.8) is 0 Å². The first-order chi connectivity index (χ1) is 15.4. The van der Waals surface area contributed by atoms with Crippen molar-refractivity contribution in [2.24, 2.45) is 0 Å². The highest BCUT2D eigenvalue weighted by Gasteiger charge is 2.23. The summed E-state index contributed by atoms with van der Waals surface area (Å²) >= 11 is 17.5. The predicted octanol–water partition coefficient (Wildman–Crippen LogP) is 4.27. The van der Waals surface area contributed by atoms with Gasteiger partial charge in [0.05, 0.1) is 7.11 Å². The van der Waals surface area contributed by atoms with Gasteiger partial charge < -0.3 is 9.64 Å². The fourth-order valence-corrected chi connectivity index (χ4v) is 4.30. The minimum absolute atomic E-state index is 0.0118. The van der Waals surface area contributed by atoms with Crippen LogP contribution < -0.4 is 4.74 Å². The quantitative estimate of drug-likeness (QED) is 0.521. The zero-order chi connectivity index (χ0) is 22.7. The summed E-state index contributed by atoms with van der Waals surface area (Å²) in [6, 6.07) is 12.9. The molecule has 1 aliphatic heterocycles. The van der Waals surface area contributed by atoms with E-state index in [0.717, 1.165) is 36.5 Å². The van der Waals surface area contributed by atoms with Gasteiger partial charge in [-0.2, -0.15) is 5.10 Å². The zero-order valence-corrected chi connectivity index (χ0v) is 19.9. The van der Waals surface area contributed by atoms with Gasteiger partial charge in [0, 0.05) is 53.9 Å². The number of aromatic nitrogens is 3. The number of amides is 1. The van der Waals surface area contributed by atoms with Crippen molar-refractivity contribution < 1.29 is 9.53 Å². The Morgan fingerprint density at radius 2 is 1.78 bits per heavy atom. The lowest BCUT2D eigenvalue weighted by atomic mass is 10.1. The Kier molecular flexibility index (Phi) is 7.15. The van der Waals surface area contributed by atoms with Crippen molar-refractivity contribution >= 4 is 41.3 Å². The Morgan fingerprint density at radius 3 is 2.47 bits per heavy atom. The SMILES string of the molecule is COc1ccc(Cl)cc1CN1CCN(C(=O)Cn2c(-c3ccc(Cl)cc3)n[nH]c2=S)CC1. The largest absolute Gasteiger partial charge is 0.496 e. The standard InChI is InChI=1S/C22H23Cl2N5O2S/c1-31-19-7-6-18(24)12-16(19)13-27-8-10-28(11-9-27)20(30)14-29-21(25-26-22(29)32)15-2-4-17(23)5-3-15/h2-7,12H,8-11,13-14H2,1H3,(H,26,32). The second-order valence-corrected chi connectivity index (χ2v) is 8.82. The Hall–Kier alpha value is -2.39. The molecular weight excluding hydrogens is 469 g/mol. The van der Waals surface area contributed by atoms with Crippen molar-refractivity contribution in [2.75, 3.05) is 33.3 Å². The van der Waals surface area contributed by atoms with Crippen molar-refractivity contribution in [3.05, 3.63) is 62.8 Å². The first kappa shape index (κ1) is 22.8. The van der Waals surface area contributed by atoms with Crippen molar-refractivity contribution in [1.82, 2.24) is 24.6 Å². The van der Waals surface area contributed by atoms with Gasteiger partial charge in [-0.1, -0.05) is 23.2 Å². The molecule has 1 saturated heterocycles. The number of ether oxygens (including phenoxy) is 1. The number of hydrogen-bond donors (Lipinski definition) is 1. The van der Waals surface area contributed by atoms with E-state index in [1.54, 1.807) is 23.8 Å². The van der Waals surface area contributed by atoms with Crippen LogP contribution in [-0.2, 0) is 17.9 Å². The highest BCUT2D eigenvalue weighted by atomic mass is 35.5. The fourth-order valence-electron chi connectivity index (χ4n) is 3.79. The Bertz CT molecular complexity index is 1150. The summed E-state index contributed by atoms with van der Waals surface area (Å²) in [5.74, 6) is 1.45. The molecule has 0 aliphatic carbocycles. The number of piperazine rings is 1. The van der Waals surface area contributed by atoms with Gasteiger partial charge in [0.2, 0.25) is 5.91 Å². The molecule has 168 valence electrons. The van der Waals surface area contributed by atoms with Crippen LogP contribution in [0.2, 0.25) is 10.0 Å². The molecule has 1 N–H and O–H groups in total. The van der Waals surface area contributed by atoms with Crippen LogP contribution in [0.4, 0.5) is 0 Å². The van der Waals surface area contributed by atoms with Crippen molar-refractivity contribution in [2.45, 2.75) is 13.1 Å². The summed E-state index contributed by atoms with van der Waals surface area (Å²) in [6.45, 7) is 3.67. The molecule has 0 saturated carbocycles. The molecule has 1 aromatic heterocycles. The maximum atomic E-state index is 13.0. The molecule has 1 aliphatic rings. The van der Waals surface area contributed by atoms with Crippen LogP contribution in [0.5, 0.6) is 5.75 Å². The number of nitrogens with one attached hydrogen (secondary N) is 1. The number of nitrogens with zero attached hydrogens (tertiary/aromatic N) is 4. The van der Waals surface area contributed by atoms with E-state index in [0.29, 0.717) is 33.7 Å². The number of benzene rings is 2. The molecule has 0 unspecified atom stereocenters. The third-order valence-corrected chi connectivity index (χ3v) is 6.31. The lowest BCUT2D eigenvalue weighted by Crippen LogP contribution is -2.49. The summed E-state index contributed by atoms with van der Waals surface area (Å²) in [4.78, 5) is 17.2. The highest BCUT2D eigenvalue weighted by molar-refractivity contribution is 7.71. The van der Waals surface area contributed by atoms with E-state index in [1.807, 2.05) is 35.2 Å². The van der Waals surface area contributed by atoms with Gasteiger partial charge in [0.25, 0.3) is 0 Å². The predicted molar refractivity (Wildman–Crippen MR) is 128 cm³/mol. The van der Waals surface area contributed by atoms with E-state index < -0.39 is 0 Å². The second-order valence-electron chi connectivity index (χ2n) is 7.56. The number of aromatic amines is 1. The molecule has 1 fully saturated rings. The number of halogens is 2. The van der Waals surface area contributed by atoms with Gasteiger partial charge in [0.1, 0.15) is 12.3 Å². The molecule has 32 heavy (non-hydrogen) atoms. The first-order valence-corrected chi connectivity index (χ1v) is 11.3. The van der Waals surface area contributed by atoms with Crippen LogP contribution in [0.3, 0.4) is 0 Å².